The maximum Gasteiger partial charge on any atom is 0.415 e. The first-order valence-electron chi connectivity index (χ1n) is 8.39. The molecule has 5 nitrogen and oxygen atoms in total. The zero-order valence-electron chi connectivity index (χ0n) is 15.4. The quantitative estimate of drug-likeness (QED) is 0.595. The number of carbonyl (C=O) groups is 3. The van der Waals surface area contributed by atoms with E-state index in [-0.39, 0.29) is 6.29 Å². The molecule has 0 saturated carbocycles. The Morgan fingerprint density at radius 1 is 0.962 bits per heavy atom. The fourth-order valence-electron chi connectivity index (χ4n) is 2.47. The third-order valence-electron chi connectivity index (χ3n) is 3.76. The fourth-order valence-corrected chi connectivity index (χ4v) is 2.47. The number of Topliss-reactive ketones (excluding diaryl/α,β-unsaturated/α-hetero) is 1. The Kier molecular flexibility index (Phi) is 5.93. The van der Waals surface area contributed by atoms with Crippen LogP contribution in [0.2, 0.25) is 0 Å². The highest BCUT2D eigenvalue weighted by molar-refractivity contribution is 6.29. The van der Waals surface area contributed by atoms with Crippen molar-refractivity contribution in [1.29, 1.82) is 0 Å². The number of anilines is 1. The molecule has 0 aliphatic heterocycles. The molecule has 2 aromatic rings. The summed E-state index contributed by atoms with van der Waals surface area (Å²) in [6.45, 7) is 6.74. The molecule has 1 atom stereocenters. The van der Waals surface area contributed by atoms with Crippen molar-refractivity contribution in [3.63, 3.8) is 0 Å². The van der Waals surface area contributed by atoms with E-state index in [1.165, 1.54) is 11.8 Å². The van der Waals surface area contributed by atoms with E-state index in [2.05, 4.69) is 0 Å². The van der Waals surface area contributed by atoms with Gasteiger partial charge in [-0.25, -0.2) is 4.79 Å². The predicted molar refractivity (Wildman–Crippen MR) is 101 cm³/mol. The van der Waals surface area contributed by atoms with Crippen LogP contribution in [0.25, 0.3) is 11.1 Å². The van der Waals surface area contributed by atoms with Crippen LogP contribution in [0.15, 0.2) is 54.6 Å². The fraction of sp³-hybridized carbons (Fsp3) is 0.286. The maximum absolute atomic E-state index is 12.6. The number of ketones is 1. The topological polar surface area (TPSA) is 63.7 Å². The number of aldehydes is 1. The lowest BCUT2D eigenvalue weighted by Crippen LogP contribution is -2.46. The van der Waals surface area contributed by atoms with Gasteiger partial charge in [0, 0.05) is 5.69 Å². The van der Waals surface area contributed by atoms with Gasteiger partial charge in [0.1, 0.15) is 11.6 Å². The van der Waals surface area contributed by atoms with E-state index in [9.17, 15) is 14.4 Å². The van der Waals surface area contributed by atoms with E-state index in [1.807, 2.05) is 42.5 Å². The first-order valence-corrected chi connectivity index (χ1v) is 8.39. The van der Waals surface area contributed by atoms with Crippen LogP contribution in [-0.2, 0) is 14.3 Å². The third-order valence-corrected chi connectivity index (χ3v) is 3.76. The monoisotopic (exact) mass is 353 g/mol. The summed E-state index contributed by atoms with van der Waals surface area (Å²) in [5.41, 5.74) is 1.79. The Labute approximate surface area is 153 Å². The van der Waals surface area contributed by atoms with Crippen molar-refractivity contribution in [1.82, 2.24) is 0 Å². The van der Waals surface area contributed by atoms with Gasteiger partial charge in [-0.1, -0.05) is 42.5 Å². The molecule has 26 heavy (non-hydrogen) atoms. The number of nitrogens with zero attached hydrogens (tertiary/aromatic N) is 1. The smallest absolute Gasteiger partial charge is 0.415 e. The Hall–Kier alpha value is -2.95. The van der Waals surface area contributed by atoms with E-state index < -0.39 is 23.5 Å². The lowest BCUT2D eigenvalue weighted by molar-refractivity contribution is -0.130. The van der Waals surface area contributed by atoms with Crippen LogP contribution < -0.4 is 4.90 Å². The number of carbonyl (C=O) groups excluding carboxylic acids is 3. The molecule has 2 aromatic carbocycles. The lowest BCUT2D eigenvalue weighted by Gasteiger charge is -2.30. The molecule has 0 unspecified atom stereocenters. The number of ether oxygens (including phenoxy) is 1. The number of hydrogen-bond acceptors (Lipinski definition) is 4. The summed E-state index contributed by atoms with van der Waals surface area (Å²) in [6.07, 6.45) is -0.451. The Morgan fingerprint density at radius 2 is 1.50 bits per heavy atom. The Bertz CT molecular complexity index is 776. The van der Waals surface area contributed by atoms with Gasteiger partial charge in [0.05, 0.1) is 0 Å². The van der Waals surface area contributed by atoms with Crippen LogP contribution in [0.4, 0.5) is 10.5 Å². The molecule has 5 heteroatoms. The molecule has 0 aromatic heterocycles. The molecule has 1 amide bonds. The first-order chi connectivity index (χ1) is 12.2. The zero-order valence-corrected chi connectivity index (χ0v) is 15.4. The summed E-state index contributed by atoms with van der Waals surface area (Å²) in [7, 11) is 0. The molecule has 0 N–H and O–H groups in total. The van der Waals surface area contributed by atoms with Crippen molar-refractivity contribution in [2.75, 3.05) is 4.90 Å². The van der Waals surface area contributed by atoms with Crippen molar-refractivity contribution < 1.29 is 19.1 Å². The molecule has 0 fully saturated rings. The molecule has 0 aliphatic rings. The van der Waals surface area contributed by atoms with Crippen molar-refractivity contribution in [3.8, 4) is 11.1 Å². The van der Waals surface area contributed by atoms with Crippen LogP contribution in [0.1, 0.15) is 27.7 Å². The van der Waals surface area contributed by atoms with E-state index in [4.69, 9.17) is 4.74 Å². The van der Waals surface area contributed by atoms with Crippen LogP contribution in [0.3, 0.4) is 0 Å². The molecule has 136 valence electrons. The highest BCUT2D eigenvalue weighted by Crippen LogP contribution is 2.26. The van der Waals surface area contributed by atoms with Gasteiger partial charge in [-0.05, 0) is 51.0 Å². The molecule has 0 radical (unpaired) electrons. The third kappa shape index (κ3) is 4.79. The number of hydrogen-bond donors (Lipinski definition) is 0. The van der Waals surface area contributed by atoms with Gasteiger partial charge in [0.25, 0.3) is 0 Å². The molecule has 0 aliphatic carbocycles. The van der Waals surface area contributed by atoms with E-state index in [0.29, 0.717) is 5.69 Å². The minimum atomic E-state index is -0.954. The summed E-state index contributed by atoms with van der Waals surface area (Å²) in [5.74, 6) is -0.692. The minimum absolute atomic E-state index is 0.223. The largest absolute Gasteiger partial charge is 0.443 e. The zero-order chi connectivity index (χ0) is 19.3. The van der Waals surface area contributed by atoms with Crippen molar-refractivity contribution >= 4 is 23.9 Å². The Balaban J connectivity index is 2.37. The van der Waals surface area contributed by atoms with Crippen LogP contribution >= 0.6 is 0 Å². The second-order valence-corrected chi connectivity index (χ2v) is 6.96. The van der Waals surface area contributed by atoms with Crippen molar-refractivity contribution in [3.05, 3.63) is 54.6 Å². The van der Waals surface area contributed by atoms with Gasteiger partial charge in [-0.2, -0.15) is 0 Å². The molecular formula is C21H23NO4. The Morgan fingerprint density at radius 3 is 2.00 bits per heavy atom. The summed E-state index contributed by atoms with van der Waals surface area (Å²) in [5, 5.41) is 0. The van der Waals surface area contributed by atoms with Crippen LogP contribution in [0.5, 0.6) is 0 Å². The first kappa shape index (κ1) is 19.4. The van der Waals surface area contributed by atoms with E-state index >= 15 is 0 Å². The number of amides is 1. The second kappa shape index (κ2) is 7.95. The van der Waals surface area contributed by atoms with Gasteiger partial charge in [0.15, 0.2) is 6.29 Å². The normalized spacial score (nSPS) is 12.2. The van der Waals surface area contributed by atoms with Crippen molar-refractivity contribution in [2.45, 2.75) is 39.3 Å². The van der Waals surface area contributed by atoms with Crippen LogP contribution in [0, 0.1) is 0 Å². The molecular weight excluding hydrogens is 330 g/mol. The van der Waals surface area contributed by atoms with Gasteiger partial charge in [0.2, 0.25) is 5.78 Å². The minimum Gasteiger partial charge on any atom is -0.443 e. The molecule has 0 bridgehead atoms. The molecule has 0 spiro atoms. The SMILES string of the molecule is C[C@H](C(=O)C=O)N(C(=O)OC(C)(C)C)c1ccc(-c2ccccc2)cc1. The van der Waals surface area contributed by atoms with Gasteiger partial charge in [-0.15, -0.1) is 0 Å². The van der Waals surface area contributed by atoms with E-state index in [1.54, 1.807) is 32.9 Å². The summed E-state index contributed by atoms with van der Waals surface area (Å²) in [4.78, 5) is 36.6. The maximum atomic E-state index is 12.6. The van der Waals surface area contributed by atoms with Crippen LogP contribution in [-0.4, -0.2) is 29.8 Å². The molecule has 2 rings (SSSR count). The average Bonchev–Trinajstić information content (AvgIpc) is 2.61. The number of benzene rings is 2. The highest BCUT2D eigenvalue weighted by Gasteiger charge is 2.31. The van der Waals surface area contributed by atoms with Gasteiger partial charge < -0.3 is 4.74 Å². The summed E-state index contributed by atoms with van der Waals surface area (Å²) < 4.78 is 5.40. The standard InChI is InChI=1S/C21H23NO4/c1-15(19(24)14-23)22(20(25)26-21(2,3)4)18-12-10-17(11-13-18)16-8-6-5-7-9-16/h5-15H,1-4H3/t15-/m1/s1. The lowest BCUT2D eigenvalue weighted by atomic mass is 10.0. The second-order valence-electron chi connectivity index (χ2n) is 6.96. The number of rotatable bonds is 5. The molecule has 0 saturated heterocycles. The summed E-state index contributed by atoms with van der Waals surface area (Å²) >= 11 is 0. The predicted octanol–water partition coefficient (Wildman–Crippen LogP) is 4.25. The van der Waals surface area contributed by atoms with E-state index in [0.717, 1.165) is 11.1 Å². The van der Waals surface area contributed by atoms with Crippen molar-refractivity contribution in [2.24, 2.45) is 0 Å². The molecule has 0 heterocycles. The average molecular weight is 353 g/mol. The summed E-state index contributed by atoms with van der Waals surface area (Å²) in [6, 6.07) is 16.0. The highest BCUT2D eigenvalue weighted by atomic mass is 16.6. The van der Waals surface area contributed by atoms with Gasteiger partial charge >= 0.3 is 6.09 Å². The van der Waals surface area contributed by atoms with Gasteiger partial charge in [-0.3, -0.25) is 14.5 Å².